The van der Waals surface area contributed by atoms with E-state index in [-0.39, 0.29) is 0 Å². The first-order chi connectivity index (χ1) is 11.2. The third-order valence-corrected chi connectivity index (χ3v) is 5.11. The van der Waals surface area contributed by atoms with Crippen molar-refractivity contribution >= 4 is 32.7 Å². The largest absolute Gasteiger partial charge is 0.441 e. The lowest BCUT2D eigenvalue weighted by Gasteiger charge is -2.09. The smallest absolute Gasteiger partial charge is 0.196 e. The van der Waals surface area contributed by atoms with Crippen molar-refractivity contribution in [3.63, 3.8) is 0 Å². The number of hydrogen-bond acceptors (Lipinski definition) is 4. The van der Waals surface area contributed by atoms with Gasteiger partial charge in [-0.15, -0.1) is 0 Å². The maximum Gasteiger partial charge on any atom is 0.196 e. The van der Waals surface area contributed by atoms with Gasteiger partial charge in [-0.25, -0.2) is 4.98 Å². The van der Waals surface area contributed by atoms with Crippen LogP contribution < -0.4 is 0 Å². The van der Waals surface area contributed by atoms with Crippen LogP contribution >= 0.6 is 11.5 Å². The van der Waals surface area contributed by atoms with Gasteiger partial charge in [-0.3, -0.25) is 0 Å². The van der Waals surface area contributed by atoms with Crippen LogP contribution in [0.25, 0.3) is 21.2 Å². The Bertz CT molecular complexity index is 970. The first kappa shape index (κ1) is 14.4. The summed E-state index contributed by atoms with van der Waals surface area (Å²) in [7, 11) is 0. The minimum absolute atomic E-state index is 0.359. The van der Waals surface area contributed by atoms with Gasteiger partial charge in [0.05, 0.1) is 4.70 Å². The number of hydrogen-bond donors (Lipinski definition) is 0. The highest BCUT2D eigenvalue weighted by atomic mass is 32.1. The number of fused-ring (bicyclic) bond motifs is 2. The predicted octanol–water partition coefficient (Wildman–Crippen LogP) is 5.35. The van der Waals surface area contributed by atoms with Crippen molar-refractivity contribution in [3.05, 3.63) is 59.6 Å². The first-order valence-electron chi connectivity index (χ1n) is 7.95. The molecule has 0 radical (unpaired) electrons. The topological polar surface area (TPSA) is 38.9 Å². The number of rotatable bonds is 4. The molecule has 0 saturated heterocycles. The van der Waals surface area contributed by atoms with Crippen molar-refractivity contribution in [2.75, 3.05) is 0 Å². The Hall–Kier alpha value is -2.20. The number of aromatic nitrogens is 2. The molecular formula is C19H18N2OS. The Labute approximate surface area is 139 Å². The van der Waals surface area contributed by atoms with Crippen molar-refractivity contribution in [1.29, 1.82) is 0 Å². The molecule has 0 fully saturated rings. The van der Waals surface area contributed by atoms with Gasteiger partial charge in [0.1, 0.15) is 5.52 Å². The van der Waals surface area contributed by atoms with E-state index >= 15 is 0 Å². The second kappa shape index (κ2) is 5.78. The molecule has 0 bridgehead atoms. The Balaban J connectivity index is 1.61. The van der Waals surface area contributed by atoms with Crippen molar-refractivity contribution in [3.8, 4) is 0 Å². The molecule has 0 aliphatic carbocycles. The van der Waals surface area contributed by atoms with E-state index in [4.69, 9.17) is 4.42 Å². The van der Waals surface area contributed by atoms with Gasteiger partial charge >= 0.3 is 0 Å². The molecule has 4 rings (SSSR count). The van der Waals surface area contributed by atoms with Crippen LogP contribution in [0.1, 0.15) is 36.8 Å². The summed E-state index contributed by atoms with van der Waals surface area (Å²) in [4.78, 5) is 4.66. The molecule has 1 unspecified atom stereocenters. The fourth-order valence-electron chi connectivity index (χ4n) is 2.91. The highest BCUT2D eigenvalue weighted by Crippen LogP contribution is 2.27. The molecule has 2 aromatic heterocycles. The molecule has 0 aliphatic rings. The lowest BCUT2D eigenvalue weighted by Crippen LogP contribution is -1.98. The van der Waals surface area contributed by atoms with Gasteiger partial charge in [0.15, 0.2) is 11.5 Å². The van der Waals surface area contributed by atoms with Gasteiger partial charge in [0.25, 0.3) is 0 Å². The van der Waals surface area contributed by atoms with Crippen molar-refractivity contribution < 1.29 is 4.42 Å². The Morgan fingerprint density at radius 3 is 2.96 bits per heavy atom. The molecule has 0 spiro atoms. The monoisotopic (exact) mass is 322 g/mol. The fourth-order valence-corrected chi connectivity index (χ4v) is 3.53. The lowest BCUT2D eigenvalue weighted by atomic mass is 9.97. The molecule has 0 aliphatic heterocycles. The maximum atomic E-state index is 5.91. The summed E-state index contributed by atoms with van der Waals surface area (Å²) in [6.07, 6.45) is 3.75. The van der Waals surface area contributed by atoms with Crippen molar-refractivity contribution in [2.24, 2.45) is 0 Å². The number of aryl methyl sites for hydroxylation is 1. The summed E-state index contributed by atoms with van der Waals surface area (Å²) in [5.41, 5.74) is 4.43. The molecule has 23 heavy (non-hydrogen) atoms. The van der Waals surface area contributed by atoms with Crippen LogP contribution in [0.4, 0.5) is 0 Å². The third kappa shape index (κ3) is 2.75. The minimum Gasteiger partial charge on any atom is -0.441 e. The Morgan fingerprint density at radius 1 is 1.17 bits per heavy atom. The summed E-state index contributed by atoms with van der Waals surface area (Å²) in [5.74, 6) is 1.17. The van der Waals surface area contributed by atoms with Crippen LogP contribution in [0.2, 0.25) is 0 Å². The molecule has 4 aromatic rings. The zero-order valence-electron chi connectivity index (χ0n) is 13.2. The van der Waals surface area contributed by atoms with Gasteiger partial charge in [-0.1, -0.05) is 26.0 Å². The average molecular weight is 322 g/mol. The highest BCUT2D eigenvalue weighted by Gasteiger charge is 2.13. The second-order valence-corrected chi connectivity index (χ2v) is 6.82. The summed E-state index contributed by atoms with van der Waals surface area (Å²) in [5, 5.41) is 1.21. The summed E-state index contributed by atoms with van der Waals surface area (Å²) >= 11 is 1.54. The summed E-state index contributed by atoms with van der Waals surface area (Å²) in [6.45, 7) is 4.37. The van der Waals surface area contributed by atoms with E-state index in [1.807, 2.05) is 12.3 Å². The normalized spacial score (nSPS) is 13.0. The molecule has 0 saturated carbocycles. The molecule has 2 aromatic carbocycles. The average Bonchev–Trinajstić information content (AvgIpc) is 3.18. The maximum absolute atomic E-state index is 5.91. The fraction of sp³-hybridized carbons (Fsp3) is 0.263. The first-order valence-corrected chi connectivity index (χ1v) is 8.73. The zero-order chi connectivity index (χ0) is 15.8. The van der Waals surface area contributed by atoms with E-state index in [2.05, 4.69) is 53.5 Å². The quantitative estimate of drug-likeness (QED) is 0.508. The lowest BCUT2D eigenvalue weighted by molar-refractivity contribution is 0.508. The van der Waals surface area contributed by atoms with Crippen LogP contribution in [-0.2, 0) is 12.8 Å². The number of nitrogens with zero attached hydrogens (tertiary/aromatic N) is 2. The van der Waals surface area contributed by atoms with Crippen LogP contribution in [0, 0.1) is 0 Å². The molecule has 3 nitrogen and oxygen atoms in total. The van der Waals surface area contributed by atoms with Crippen LogP contribution in [0.3, 0.4) is 0 Å². The SMILES string of the molecule is CCc1ccc2oc(CC(C)c3ccc4sncc4c3)nc2c1. The van der Waals surface area contributed by atoms with Gasteiger partial charge in [0, 0.05) is 18.0 Å². The molecule has 116 valence electrons. The van der Waals surface area contributed by atoms with Crippen LogP contribution in [-0.4, -0.2) is 9.36 Å². The summed E-state index contributed by atoms with van der Waals surface area (Å²) in [6, 6.07) is 12.8. The van der Waals surface area contributed by atoms with E-state index in [0.29, 0.717) is 5.92 Å². The molecule has 0 amide bonds. The summed E-state index contributed by atoms with van der Waals surface area (Å²) < 4.78 is 11.4. The number of benzene rings is 2. The second-order valence-electron chi connectivity index (χ2n) is 5.99. The molecule has 0 N–H and O–H groups in total. The Kier molecular flexibility index (Phi) is 3.62. The number of oxazole rings is 1. The molecule has 1 atom stereocenters. The van der Waals surface area contributed by atoms with E-state index in [0.717, 1.165) is 29.8 Å². The van der Waals surface area contributed by atoms with E-state index in [1.165, 1.54) is 32.7 Å². The molecule has 2 heterocycles. The van der Waals surface area contributed by atoms with Crippen LogP contribution in [0.15, 0.2) is 47.0 Å². The van der Waals surface area contributed by atoms with Gasteiger partial charge in [0.2, 0.25) is 0 Å². The van der Waals surface area contributed by atoms with Gasteiger partial charge in [-0.2, -0.15) is 4.37 Å². The Morgan fingerprint density at radius 2 is 2.09 bits per heavy atom. The highest BCUT2D eigenvalue weighted by molar-refractivity contribution is 7.13. The van der Waals surface area contributed by atoms with Crippen molar-refractivity contribution in [1.82, 2.24) is 9.36 Å². The minimum atomic E-state index is 0.359. The van der Waals surface area contributed by atoms with E-state index < -0.39 is 0 Å². The predicted molar refractivity (Wildman–Crippen MR) is 95.1 cm³/mol. The van der Waals surface area contributed by atoms with Crippen molar-refractivity contribution in [2.45, 2.75) is 32.6 Å². The molecule has 4 heteroatoms. The molecular weight excluding hydrogens is 304 g/mol. The van der Waals surface area contributed by atoms with E-state index in [1.54, 1.807) is 0 Å². The van der Waals surface area contributed by atoms with Crippen LogP contribution in [0.5, 0.6) is 0 Å². The van der Waals surface area contributed by atoms with Gasteiger partial charge in [-0.05, 0) is 59.3 Å². The van der Waals surface area contributed by atoms with Gasteiger partial charge < -0.3 is 4.42 Å². The third-order valence-electron chi connectivity index (χ3n) is 4.33. The standard InChI is InChI=1S/C19H18N2OS/c1-3-13-4-6-17-16(9-13)21-19(22-17)8-12(2)14-5-7-18-15(10-14)11-20-23-18/h4-7,9-12H,3,8H2,1-2H3. The van der Waals surface area contributed by atoms with E-state index in [9.17, 15) is 0 Å². The zero-order valence-corrected chi connectivity index (χ0v) is 14.1.